The normalized spacial score (nSPS) is 12.2. The van der Waals surface area contributed by atoms with Crippen LogP contribution >= 0.6 is 11.6 Å². The fraction of sp³-hybridized carbons (Fsp3) is 0.143. The van der Waals surface area contributed by atoms with Gasteiger partial charge < -0.3 is 20.5 Å². The number of benzene rings is 1. The highest BCUT2D eigenvalue weighted by molar-refractivity contribution is 6.33. The lowest BCUT2D eigenvalue weighted by Gasteiger charge is -2.07. The fourth-order valence-corrected chi connectivity index (χ4v) is 2.07. The van der Waals surface area contributed by atoms with E-state index in [1.165, 1.54) is 12.3 Å². The topological polar surface area (TPSA) is 86.5 Å². The summed E-state index contributed by atoms with van der Waals surface area (Å²) in [5, 5.41) is 3.03. The van der Waals surface area contributed by atoms with Crippen molar-refractivity contribution in [3.63, 3.8) is 0 Å². The maximum Gasteiger partial charge on any atom is 0.253 e. The number of nitrogen functional groups attached to an aromatic ring is 1. The number of carbonyl (C=O) groups is 1. The molecule has 0 bridgehead atoms. The molecule has 1 aromatic heterocycles. The quantitative estimate of drug-likeness (QED) is 0.905. The fourth-order valence-electron chi connectivity index (χ4n) is 1.91. The van der Waals surface area contributed by atoms with Crippen LogP contribution in [0.5, 0.6) is 11.5 Å². The minimum absolute atomic E-state index is 0.198. The van der Waals surface area contributed by atoms with Crippen LogP contribution in [0.15, 0.2) is 30.5 Å². The molecule has 2 heterocycles. The van der Waals surface area contributed by atoms with Gasteiger partial charge in [-0.25, -0.2) is 4.98 Å². The molecule has 0 saturated heterocycles. The van der Waals surface area contributed by atoms with E-state index in [0.717, 1.165) is 5.56 Å². The molecule has 6 nitrogen and oxygen atoms in total. The van der Waals surface area contributed by atoms with E-state index in [2.05, 4.69) is 10.3 Å². The molecule has 0 unspecified atom stereocenters. The highest BCUT2D eigenvalue weighted by atomic mass is 35.5. The first-order valence-electron chi connectivity index (χ1n) is 6.21. The first-order valence-corrected chi connectivity index (χ1v) is 6.59. The summed E-state index contributed by atoms with van der Waals surface area (Å²) in [5.41, 5.74) is 6.77. The zero-order chi connectivity index (χ0) is 14.8. The lowest BCUT2D eigenvalue weighted by Crippen LogP contribution is -2.23. The Morgan fingerprint density at radius 2 is 2.14 bits per heavy atom. The van der Waals surface area contributed by atoms with E-state index in [9.17, 15) is 4.79 Å². The number of hydrogen-bond donors (Lipinski definition) is 2. The number of amides is 1. The Balaban J connectivity index is 1.67. The van der Waals surface area contributed by atoms with Gasteiger partial charge in [-0.15, -0.1) is 0 Å². The number of nitrogens with one attached hydrogen (secondary N) is 1. The van der Waals surface area contributed by atoms with E-state index in [0.29, 0.717) is 23.6 Å². The second kappa shape index (κ2) is 5.49. The van der Waals surface area contributed by atoms with Gasteiger partial charge >= 0.3 is 0 Å². The highest BCUT2D eigenvalue weighted by Gasteiger charge is 2.14. The van der Waals surface area contributed by atoms with Gasteiger partial charge in [0.1, 0.15) is 5.82 Å². The first kappa shape index (κ1) is 13.5. The summed E-state index contributed by atoms with van der Waals surface area (Å²) in [7, 11) is 0. The number of halogens is 1. The molecule has 3 rings (SSSR count). The molecule has 1 aromatic carbocycles. The van der Waals surface area contributed by atoms with Crippen LogP contribution in [0, 0.1) is 0 Å². The molecule has 0 radical (unpaired) electrons. The van der Waals surface area contributed by atoms with Gasteiger partial charge in [0, 0.05) is 12.7 Å². The van der Waals surface area contributed by atoms with Gasteiger partial charge in [-0.1, -0.05) is 17.7 Å². The molecule has 2 aromatic rings. The lowest BCUT2D eigenvalue weighted by molar-refractivity contribution is 0.0950. The number of hydrogen-bond acceptors (Lipinski definition) is 5. The Bertz CT molecular complexity index is 706. The SMILES string of the molecule is Nc1ncc(C(=O)NCc2ccc3c(c2)OCO3)cc1Cl. The van der Waals surface area contributed by atoms with Gasteiger partial charge in [-0.3, -0.25) is 4.79 Å². The third kappa shape index (κ3) is 2.85. The standard InChI is InChI=1S/C14H12ClN3O3/c15-10-4-9(6-17-13(10)16)14(19)18-5-8-1-2-11-12(3-8)21-7-20-11/h1-4,6H,5,7H2,(H2,16,17)(H,18,19). The number of aromatic nitrogens is 1. The summed E-state index contributed by atoms with van der Waals surface area (Å²) in [6.07, 6.45) is 1.39. The summed E-state index contributed by atoms with van der Waals surface area (Å²) in [4.78, 5) is 15.9. The molecular weight excluding hydrogens is 294 g/mol. The molecule has 1 aliphatic rings. The zero-order valence-corrected chi connectivity index (χ0v) is 11.7. The summed E-state index contributed by atoms with van der Waals surface area (Å²) in [5.74, 6) is 1.31. The molecule has 3 N–H and O–H groups in total. The van der Waals surface area contributed by atoms with Crippen LogP contribution in [0.25, 0.3) is 0 Å². The minimum Gasteiger partial charge on any atom is -0.454 e. The third-order valence-electron chi connectivity index (χ3n) is 3.02. The van der Waals surface area contributed by atoms with E-state index in [4.69, 9.17) is 26.8 Å². The molecule has 21 heavy (non-hydrogen) atoms. The number of fused-ring (bicyclic) bond motifs is 1. The number of rotatable bonds is 3. The van der Waals surface area contributed by atoms with Crippen LogP contribution in [0.4, 0.5) is 5.82 Å². The highest BCUT2D eigenvalue weighted by Crippen LogP contribution is 2.32. The van der Waals surface area contributed by atoms with Gasteiger partial charge in [-0.05, 0) is 23.8 Å². The van der Waals surface area contributed by atoms with Gasteiger partial charge in [0.25, 0.3) is 5.91 Å². The number of pyridine rings is 1. The summed E-state index contributed by atoms with van der Waals surface area (Å²) >= 11 is 5.84. The molecule has 0 atom stereocenters. The molecule has 1 amide bonds. The van der Waals surface area contributed by atoms with Gasteiger partial charge in [0.2, 0.25) is 6.79 Å². The number of anilines is 1. The summed E-state index contributed by atoms with van der Waals surface area (Å²) in [6, 6.07) is 6.99. The Hall–Kier alpha value is -2.47. The average molecular weight is 306 g/mol. The zero-order valence-electron chi connectivity index (χ0n) is 10.9. The van der Waals surface area contributed by atoms with Crippen molar-refractivity contribution in [3.05, 3.63) is 46.6 Å². The molecule has 7 heteroatoms. The van der Waals surface area contributed by atoms with E-state index in [-0.39, 0.29) is 23.5 Å². The van der Waals surface area contributed by atoms with E-state index in [1.54, 1.807) is 0 Å². The van der Waals surface area contributed by atoms with Crippen molar-refractivity contribution in [1.29, 1.82) is 0 Å². The molecule has 1 aliphatic heterocycles. The Kier molecular flexibility index (Phi) is 3.53. The second-order valence-electron chi connectivity index (χ2n) is 4.46. The van der Waals surface area contributed by atoms with E-state index >= 15 is 0 Å². The molecule has 0 saturated carbocycles. The number of nitrogens with two attached hydrogens (primary N) is 1. The Morgan fingerprint density at radius 3 is 2.95 bits per heavy atom. The Morgan fingerprint density at radius 1 is 1.33 bits per heavy atom. The predicted octanol–water partition coefficient (Wildman–Crippen LogP) is 1.98. The first-order chi connectivity index (χ1) is 10.1. The van der Waals surface area contributed by atoms with Crippen LogP contribution in [-0.2, 0) is 6.54 Å². The Labute approximate surface area is 125 Å². The maximum absolute atomic E-state index is 12.0. The smallest absolute Gasteiger partial charge is 0.253 e. The number of carbonyl (C=O) groups excluding carboxylic acids is 1. The van der Waals surface area contributed by atoms with Crippen LogP contribution in [0.1, 0.15) is 15.9 Å². The third-order valence-corrected chi connectivity index (χ3v) is 3.32. The van der Waals surface area contributed by atoms with Gasteiger partial charge in [0.05, 0.1) is 10.6 Å². The molecule has 0 spiro atoms. The van der Waals surface area contributed by atoms with Gasteiger partial charge in [0.15, 0.2) is 11.5 Å². The number of nitrogens with zero attached hydrogens (tertiary/aromatic N) is 1. The van der Waals surface area contributed by atoms with Crippen molar-refractivity contribution in [3.8, 4) is 11.5 Å². The minimum atomic E-state index is -0.276. The molecule has 0 aliphatic carbocycles. The van der Waals surface area contributed by atoms with Crippen molar-refractivity contribution < 1.29 is 14.3 Å². The maximum atomic E-state index is 12.0. The molecule has 0 fully saturated rings. The van der Waals surface area contributed by atoms with Gasteiger partial charge in [-0.2, -0.15) is 0 Å². The van der Waals surface area contributed by atoms with E-state index in [1.807, 2.05) is 18.2 Å². The lowest BCUT2D eigenvalue weighted by atomic mass is 10.2. The summed E-state index contributed by atoms with van der Waals surface area (Å²) < 4.78 is 10.5. The molecule has 108 valence electrons. The second-order valence-corrected chi connectivity index (χ2v) is 4.87. The summed E-state index contributed by atoms with van der Waals surface area (Å²) in [6.45, 7) is 0.582. The van der Waals surface area contributed by atoms with Crippen molar-refractivity contribution in [2.45, 2.75) is 6.54 Å². The molecular formula is C14H12ClN3O3. The van der Waals surface area contributed by atoms with Crippen molar-refractivity contribution in [2.24, 2.45) is 0 Å². The van der Waals surface area contributed by atoms with Crippen LogP contribution in [0.2, 0.25) is 5.02 Å². The predicted molar refractivity (Wildman–Crippen MR) is 77.4 cm³/mol. The van der Waals surface area contributed by atoms with Crippen LogP contribution in [-0.4, -0.2) is 17.7 Å². The van der Waals surface area contributed by atoms with Crippen molar-refractivity contribution in [1.82, 2.24) is 10.3 Å². The average Bonchev–Trinajstić information content (AvgIpc) is 2.95. The van der Waals surface area contributed by atoms with Crippen molar-refractivity contribution >= 4 is 23.3 Å². The number of ether oxygens (including phenoxy) is 2. The van der Waals surface area contributed by atoms with Crippen LogP contribution < -0.4 is 20.5 Å². The largest absolute Gasteiger partial charge is 0.454 e. The van der Waals surface area contributed by atoms with Crippen molar-refractivity contribution in [2.75, 3.05) is 12.5 Å². The monoisotopic (exact) mass is 305 g/mol. The van der Waals surface area contributed by atoms with Crippen LogP contribution in [0.3, 0.4) is 0 Å². The van der Waals surface area contributed by atoms with E-state index < -0.39 is 0 Å².